The molecule has 0 saturated heterocycles. The van der Waals surface area contributed by atoms with E-state index in [0.29, 0.717) is 42.9 Å². The van der Waals surface area contributed by atoms with Crippen LogP contribution in [0.1, 0.15) is 5.56 Å². The van der Waals surface area contributed by atoms with Crippen molar-refractivity contribution >= 4 is 38.8 Å². The third-order valence-electron chi connectivity index (χ3n) is 4.61. The lowest BCUT2D eigenvalue weighted by atomic mass is 10.2. The van der Waals surface area contributed by atoms with Crippen LogP contribution < -0.4 is 15.8 Å². The summed E-state index contributed by atoms with van der Waals surface area (Å²) >= 11 is 1.25. The lowest BCUT2D eigenvalue weighted by Crippen LogP contribution is -2.27. The van der Waals surface area contributed by atoms with Crippen molar-refractivity contribution in [3.05, 3.63) is 73.8 Å². The normalized spacial score (nSPS) is 12.2. The van der Waals surface area contributed by atoms with E-state index in [1.165, 1.54) is 32.7 Å². The van der Waals surface area contributed by atoms with Gasteiger partial charge in [-0.3, -0.25) is 13.9 Å². The van der Waals surface area contributed by atoms with Gasteiger partial charge >= 0.3 is 5.69 Å². The molecule has 0 unspecified atom stereocenters. The Morgan fingerprint density at radius 3 is 2.83 bits per heavy atom. The molecule has 142 valence electrons. The number of hydrogen-bond donors (Lipinski definition) is 1. The third-order valence-corrected chi connectivity index (χ3v) is 5.63. The molecular formula is C19H12N6O3S. The van der Waals surface area contributed by atoms with Crippen molar-refractivity contribution in [3.63, 3.8) is 0 Å². The predicted octanol–water partition coefficient (Wildman–Crippen LogP) is 1.26. The van der Waals surface area contributed by atoms with Crippen LogP contribution in [0.15, 0.2) is 52.4 Å². The standard InChI is InChI=1S/C19H12N6O3S/c1-10-7-15(27)24(14-3-2-5-21-23-14)8-12(10)25-11-4-6-20-18-16(11)17(22-19(25)28)13(9-26)29-18/h2-9,26H,1H3. The number of aromatic nitrogens is 6. The number of pyridine rings is 2. The highest BCUT2D eigenvalue weighted by Gasteiger charge is 2.18. The molecule has 0 aliphatic rings. The van der Waals surface area contributed by atoms with Crippen molar-refractivity contribution in [2.75, 3.05) is 0 Å². The van der Waals surface area contributed by atoms with Gasteiger partial charge < -0.3 is 5.11 Å². The molecule has 9 nitrogen and oxygen atoms in total. The molecule has 0 saturated carbocycles. The molecule has 0 fully saturated rings. The SMILES string of the molecule is Cc1cc(=O)n(-c2cccnn2)cc1-n1c(=O)nc2c(=CO)sc3nccc1c32. The smallest absolute Gasteiger partial charge is 0.353 e. The van der Waals surface area contributed by atoms with Crippen LogP contribution in [-0.4, -0.2) is 34.4 Å². The summed E-state index contributed by atoms with van der Waals surface area (Å²) in [7, 11) is 0. The first-order valence-electron chi connectivity index (χ1n) is 8.54. The van der Waals surface area contributed by atoms with Gasteiger partial charge in [0.2, 0.25) is 0 Å². The van der Waals surface area contributed by atoms with E-state index >= 15 is 0 Å². The van der Waals surface area contributed by atoms with E-state index in [0.717, 1.165) is 6.26 Å². The molecule has 0 aromatic carbocycles. The monoisotopic (exact) mass is 404 g/mol. The quantitative estimate of drug-likeness (QED) is 0.471. The molecule has 5 aromatic heterocycles. The number of aliphatic hydroxyl groups excluding tert-OH is 1. The highest BCUT2D eigenvalue weighted by Crippen LogP contribution is 2.26. The first-order valence-corrected chi connectivity index (χ1v) is 9.36. The summed E-state index contributed by atoms with van der Waals surface area (Å²) in [6.07, 6.45) is 5.59. The number of nitrogens with zero attached hydrogens (tertiary/aromatic N) is 6. The van der Waals surface area contributed by atoms with Gasteiger partial charge in [-0.05, 0) is 30.7 Å². The van der Waals surface area contributed by atoms with Gasteiger partial charge in [0.25, 0.3) is 5.56 Å². The summed E-state index contributed by atoms with van der Waals surface area (Å²) in [6, 6.07) is 6.47. The minimum Gasteiger partial charge on any atom is -0.514 e. The topological polar surface area (TPSA) is 116 Å². The van der Waals surface area contributed by atoms with E-state index in [9.17, 15) is 14.7 Å². The molecule has 0 aliphatic heterocycles. The first kappa shape index (κ1) is 17.2. The van der Waals surface area contributed by atoms with E-state index in [1.807, 2.05) is 0 Å². The van der Waals surface area contributed by atoms with Crippen molar-refractivity contribution in [2.45, 2.75) is 6.92 Å². The Bertz CT molecular complexity index is 1570. The first-order chi connectivity index (χ1) is 14.1. The van der Waals surface area contributed by atoms with Gasteiger partial charge in [-0.1, -0.05) is 0 Å². The largest absolute Gasteiger partial charge is 0.514 e. The van der Waals surface area contributed by atoms with Crippen LogP contribution >= 0.6 is 11.3 Å². The molecular weight excluding hydrogens is 392 g/mol. The predicted molar refractivity (Wildman–Crippen MR) is 109 cm³/mol. The molecule has 0 atom stereocenters. The second-order valence-electron chi connectivity index (χ2n) is 6.32. The van der Waals surface area contributed by atoms with Gasteiger partial charge in [-0.15, -0.1) is 16.4 Å². The van der Waals surface area contributed by atoms with Crippen molar-refractivity contribution in [1.29, 1.82) is 0 Å². The average molecular weight is 404 g/mol. The van der Waals surface area contributed by atoms with E-state index in [2.05, 4.69) is 20.2 Å². The molecule has 5 heterocycles. The van der Waals surface area contributed by atoms with Crippen LogP contribution in [0, 0.1) is 6.92 Å². The molecule has 0 spiro atoms. The zero-order valence-electron chi connectivity index (χ0n) is 15.0. The molecule has 1 N–H and O–H groups in total. The molecule has 0 bridgehead atoms. The maximum Gasteiger partial charge on any atom is 0.353 e. The summed E-state index contributed by atoms with van der Waals surface area (Å²) in [6.45, 7) is 1.75. The molecule has 5 rings (SSSR count). The summed E-state index contributed by atoms with van der Waals surface area (Å²) in [5, 5.41) is 18.0. The van der Waals surface area contributed by atoms with E-state index < -0.39 is 5.69 Å². The van der Waals surface area contributed by atoms with E-state index in [1.54, 1.807) is 37.5 Å². The van der Waals surface area contributed by atoms with Crippen LogP contribution in [-0.2, 0) is 0 Å². The molecule has 0 radical (unpaired) electrons. The lowest BCUT2D eigenvalue weighted by Gasteiger charge is -2.14. The fourth-order valence-electron chi connectivity index (χ4n) is 3.33. The Labute approximate surface area is 165 Å². The number of hydrogen-bond acceptors (Lipinski definition) is 8. The number of aryl methyl sites for hydroxylation is 1. The van der Waals surface area contributed by atoms with Gasteiger partial charge in [0, 0.05) is 24.7 Å². The Hall–Kier alpha value is -3.92. The average Bonchev–Trinajstić information content (AvgIpc) is 3.08. The van der Waals surface area contributed by atoms with Gasteiger partial charge in [-0.25, -0.2) is 9.78 Å². The van der Waals surface area contributed by atoms with Gasteiger partial charge in [0.15, 0.2) is 5.82 Å². The van der Waals surface area contributed by atoms with Crippen molar-refractivity contribution in [2.24, 2.45) is 0 Å². The van der Waals surface area contributed by atoms with Crippen molar-refractivity contribution in [3.8, 4) is 11.5 Å². The molecule has 0 amide bonds. The molecule has 29 heavy (non-hydrogen) atoms. The summed E-state index contributed by atoms with van der Waals surface area (Å²) in [4.78, 5) is 34.6. The summed E-state index contributed by atoms with van der Waals surface area (Å²) in [5.41, 5.74) is 1.26. The second kappa shape index (κ2) is 6.31. The van der Waals surface area contributed by atoms with Crippen molar-refractivity contribution < 1.29 is 5.11 Å². The maximum absolute atomic E-state index is 13.0. The highest BCUT2D eigenvalue weighted by molar-refractivity contribution is 7.17. The van der Waals surface area contributed by atoms with Gasteiger partial charge in [-0.2, -0.15) is 10.1 Å². The zero-order chi connectivity index (χ0) is 20.1. The Morgan fingerprint density at radius 2 is 2.07 bits per heavy atom. The number of rotatable bonds is 2. The van der Waals surface area contributed by atoms with Crippen molar-refractivity contribution in [1.82, 2.24) is 29.3 Å². The summed E-state index contributed by atoms with van der Waals surface area (Å²) in [5.74, 6) is 0.341. The minimum atomic E-state index is -0.529. The molecule has 0 aliphatic carbocycles. The van der Waals surface area contributed by atoms with Gasteiger partial charge in [0.05, 0.1) is 27.4 Å². The Kier molecular flexibility index (Phi) is 3.74. The van der Waals surface area contributed by atoms with Crippen LogP contribution in [0.2, 0.25) is 0 Å². The minimum absolute atomic E-state index is 0.290. The fraction of sp³-hybridized carbons (Fsp3) is 0.0526. The molecule has 5 aromatic rings. The maximum atomic E-state index is 13.0. The third kappa shape index (κ3) is 2.53. The van der Waals surface area contributed by atoms with Crippen LogP contribution in [0.3, 0.4) is 0 Å². The number of aliphatic hydroxyl groups is 1. The number of thiophene rings is 1. The van der Waals surface area contributed by atoms with E-state index in [4.69, 9.17) is 0 Å². The lowest BCUT2D eigenvalue weighted by molar-refractivity contribution is 0.542. The van der Waals surface area contributed by atoms with Crippen LogP contribution in [0.25, 0.3) is 39.0 Å². The second-order valence-corrected chi connectivity index (χ2v) is 7.35. The Balaban J connectivity index is 1.91. The summed E-state index contributed by atoms with van der Waals surface area (Å²) < 4.78 is 3.23. The highest BCUT2D eigenvalue weighted by atomic mass is 32.1. The Morgan fingerprint density at radius 1 is 1.21 bits per heavy atom. The van der Waals surface area contributed by atoms with E-state index in [-0.39, 0.29) is 5.56 Å². The fourth-order valence-corrected chi connectivity index (χ4v) is 4.25. The van der Waals surface area contributed by atoms with Gasteiger partial charge in [0.1, 0.15) is 10.3 Å². The van der Waals surface area contributed by atoms with Crippen LogP contribution in [0.4, 0.5) is 0 Å². The van der Waals surface area contributed by atoms with Crippen LogP contribution in [0.5, 0.6) is 0 Å². The zero-order valence-corrected chi connectivity index (χ0v) is 15.8. The molecule has 10 heteroatoms.